The minimum absolute atomic E-state index is 0.0276. The lowest BCUT2D eigenvalue weighted by molar-refractivity contribution is -0.129. The monoisotopic (exact) mass is 328 g/mol. The summed E-state index contributed by atoms with van der Waals surface area (Å²) in [6, 6.07) is 8.63. The summed E-state index contributed by atoms with van der Waals surface area (Å²) >= 11 is 0. The van der Waals surface area contributed by atoms with Crippen LogP contribution in [-0.2, 0) is 22.4 Å². The van der Waals surface area contributed by atoms with Crippen LogP contribution < -0.4 is 5.32 Å². The number of fused-ring (bicyclic) bond motifs is 1. The molecule has 0 spiro atoms. The van der Waals surface area contributed by atoms with Crippen LogP contribution in [0.3, 0.4) is 0 Å². The molecule has 0 bridgehead atoms. The molecule has 0 radical (unpaired) electrons. The molecule has 24 heavy (non-hydrogen) atoms. The van der Waals surface area contributed by atoms with Gasteiger partial charge in [0.1, 0.15) is 0 Å². The van der Waals surface area contributed by atoms with Crippen LogP contribution in [0.5, 0.6) is 0 Å². The molecule has 1 saturated heterocycles. The van der Waals surface area contributed by atoms with Gasteiger partial charge in [0.2, 0.25) is 11.8 Å². The third-order valence-electron chi connectivity index (χ3n) is 5.36. The van der Waals surface area contributed by atoms with Gasteiger partial charge in [-0.25, -0.2) is 0 Å². The molecule has 1 heterocycles. The number of hydrogen-bond donors (Lipinski definition) is 1. The number of nitrogens with zero attached hydrogens (tertiary/aromatic N) is 1. The summed E-state index contributed by atoms with van der Waals surface area (Å²) in [7, 11) is 0. The third-order valence-corrected chi connectivity index (χ3v) is 5.36. The van der Waals surface area contributed by atoms with Crippen molar-refractivity contribution >= 4 is 11.8 Å². The molecule has 2 aliphatic rings. The van der Waals surface area contributed by atoms with Crippen molar-refractivity contribution in [2.24, 2.45) is 11.8 Å². The van der Waals surface area contributed by atoms with E-state index in [1.807, 2.05) is 6.92 Å². The van der Waals surface area contributed by atoms with E-state index >= 15 is 0 Å². The molecule has 1 aliphatic carbocycles. The Hall–Kier alpha value is -1.84. The van der Waals surface area contributed by atoms with E-state index < -0.39 is 0 Å². The van der Waals surface area contributed by atoms with E-state index in [0.29, 0.717) is 25.4 Å². The Labute approximate surface area is 144 Å². The summed E-state index contributed by atoms with van der Waals surface area (Å²) < 4.78 is 0. The summed E-state index contributed by atoms with van der Waals surface area (Å²) in [6.07, 6.45) is 3.51. The smallest absolute Gasteiger partial charge is 0.225 e. The molecule has 1 atom stereocenters. The van der Waals surface area contributed by atoms with Crippen LogP contribution in [-0.4, -0.2) is 35.3 Å². The minimum Gasteiger partial charge on any atom is -0.351 e. The lowest BCUT2D eigenvalue weighted by atomic mass is 9.88. The maximum atomic E-state index is 12.6. The summed E-state index contributed by atoms with van der Waals surface area (Å²) in [4.78, 5) is 26.2. The Morgan fingerprint density at radius 3 is 2.38 bits per heavy atom. The molecule has 0 saturated carbocycles. The Balaban J connectivity index is 1.55. The first kappa shape index (κ1) is 17.0. The van der Waals surface area contributed by atoms with Crippen molar-refractivity contribution in [2.75, 3.05) is 13.1 Å². The van der Waals surface area contributed by atoms with Crippen LogP contribution in [0.1, 0.15) is 44.7 Å². The predicted molar refractivity (Wildman–Crippen MR) is 94.5 cm³/mol. The van der Waals surface area contributed by atoms with Crippen molar-refractivity contribution in [1.82, 2.24) is 10.2 Å². The lowest BCUT2D eigenvalue weighted by Crippen LogP contribution is -2.47. The molecule has 4 nitrogen and oxygen atoms in total. The molecule has 1 N–H and O–H groups in total. The number of amides is 2. The summed E-state index contributed by atoms with van der Waals surface area (Å²) in [5.74, 6) is 0.508. The molecular formula is C20H28N2O2. The fourth-order valence-corrected chi connectivity index (χ4v) is 4.26. The van der Waals surface area contributed by atoms with E-state index in [2.05, 4.69) is 43.4 Å². The predicted octanol–water partition coefficient (Wildman–Crippen LogP) is 2.55. The lowest BCUT2D eigenvalue weighted by Gasteiger charge is -2.30. The van der Waals surface area contributed by atoms with Gasteiger partial charge in [-0.2, -0.15) is 0 Å². The molecule has 1 aliphatic heterocycles. The molecule has 1 aromatic rings. The molecule has 2 amide bonds. The topological polar surface area (TPSA) is 49.4 Å². The average molecular weight is 328 g/mol. The first-order chi connectivity index (χ1) is 11.4. The van der Waals surface area contributed by atoms with Crippen LogP contribution in [0.4, 0.5) is 0 Å². The number of benzene rings is 1. The highest BCUT2D eigenvalue weighted by molar-refractivity contribution is 5.89. The molecule has 4 heteroatoms. The van der Waals surface area contributed by atoms with Gasteiger partial charge in [-0.1, -0.05) is 24.3 Å². The Morgan fingerprint density at radius 2 is 1.83 bits per heavy atom. The summed E-state index contributed by atoms with van der Waals surface area (Å²) in [5.41, 5.74) is 2.65. The number of likely N-dealkylation sites (tertiary alicyclic amines) is 1. The highest BCUT2D eigenvalue weighted by Gasteiger charge is 2.36. The van der Waals surface area contributed by atoms with Crippen molar-refractivity contribution in [3.63, 3.8) is 0 Å². The third kappa shape index (κ3) is 3.63. The van der Waals surface area contributed by atoms with Crippen LogP contribution in [0.25, 0.3) is 0 Å². The fraction of sp³-hybridized carbons (Fsp3) is 0.600. The van der Waals surface area contributed by atoms with E-state index in [9.17, 15) is 9.59 Å². The molecule has 3 rings (SSSR count). The van der Waals surface area contributed by atoms with E-state index in [1.165, 1.54) is 11.1 Å². The Morgan fingerprint density at radius 1 is 1.21 bits per heavy atom. The van der Waals surface area contributed by atoms with Crippen molar-refractivity contribution in [3.05, 3.63) is 35.4 Å². The van der Waals surface area contributed by atoms with Crippen LogP contribution in [0.2, 0.25) is 0 Å². The van der Waals surface area contributed by atoms with Crippen molar-refractivity contribution in [2.45, 2.75) is 52.0 Å². The molecular weight excluding hydrogens is 300 g/mol. The Bertz CT molecular complexity index is 613. The maximum Gasteiger partial charge on any atom is 0.225 e. The van der Waals surface area contributed by atoms with E-state index in [0.717, 1.165) is 19.3 Å². The normalized spacial score (nSPS) is 21.2. The van der Waals surface area contributed by atoms with Gasteiger partial charge < -0.3 is 10.2 Å². The van der Waals surface area contributed by atoms with Crippen molar-refractivity contribution < 1.29 is 9.59 Å². The van der Waals surface area contributed by atoms with Gasteiger partial charge in [-0.3, -0.25) is 9.59 Å². The van der Waals surface area contributed by atoms with E-state index in [-0.39, 0.29) is 23.3 Å². The van der Waals surface area contributed by atoms with Gasteiger partial charge in [0, 0.05) is 25.0 Å². The average Bonchev–Trinajstić information content (AvgIpc) is 3.08. The van der Waals surface area contributed by atoms with E-state index in [1.54, 1.807) is 4.90 Å². The molecule has 1 fully saturated rings. The largest absolute Gasteiger partial charge is 0.351 e. The number of nitrogens with one attached hydrogen (secondary N) is 1. The Kier molecular flexibility index (Phi) is 4.66. The molecule has 0 aromatic heterocycles. The highest BCUT2D eigenvalue weighted by atomic mass is 16.2. The quantitative estimate of drug-likeness (QED) is 0.903. The summed E-state index contributed by atoms with van der Waals surface area (Å²) in [5, 5.41) is 3.20. The van der Waals surface area contributed by atoms with Gasteiger partial charge in [-0.15, -0.1) is 0 Å². The zero-order valence-corrected chi connectivity index (χ0v) is 15.0. The molecule has 1 unspecified atom stereocenters. The van der Waals surface area contributed by atoms with Crippen LogP contribution in [0, 0.1) is 11.8 Å². The summed E-state index contributed by atoms with van der Waals surface area (Å²) in [6.45, 7) is 7.41. The van der Waals surface area contributed by atoms with Crippen LogP contribution >= 0.6 is 0 Å². The highest BCUT2D eigenvalue weighted by Crippen LogP contribution is 2.32. The maximum absolute atomic E-state index is 12.6. The number of carbonyl (C=O) groups is 2. The first-order valence-corrected chi connectivity index (χ1v) is 9.04. The van der Waals surface area contributed by atoms with E-state index in [4.69, 9.17) is 0 Å². The fourth-order valence-electron chi connectivity index (χ4n) is 4.26. The second-order valence-electron chi connectivity index (χ2n) is 7.95. The SMILES string of the molecule is CCN1CC(C(=O)NC(C)(C)CC2Cc3ccccc3C2)CC1=O. The minimum atomic E-state index is -0.244. The number of rotatable bonds is 5. The number of carbonyl (C=O) groups excluding carboxylic acids is 2. The second-order valence-corrected chi connectivity index (χ2v) is 7.95. The van der Waals surface area contributed by atoms with Crippen LogP contribution in [0.15, 0.2) is 24.3 Å². The first-order valence-electron chi connectivity index (χ1n) is 9.04. The zero-order valence-electron chi connectivity index (χ0n) is 15.0. The molecule has 130 valence electrons. The van der Waals surface area contributed by atoms with Crippen molar-refractivity contribution in [3.8, 4) is 0 Å². The van der Waals surface area contributed by atoms with Crippen molar-refractivity contribution in [1.29, 1.82) is 0 Å². The molecule has 1 aromatic carbocycles. The van der Waals surface area contributed by atoms with Gasteiger partial charge >= 0.3 is 0 Å². The standard InChI is InChI=1S/C20H28N2O2/c1-4-22-13-17(11-18(22)23)19(24)21-20(2,3)12-14-9-15-7-5-6-8-16(15)10-14/h5-8,14,17H,4,9-13H2,1-3H3,(H,21,24). The second kappa shape index (κ2) is 6.58. The van der Waals surface area contributed by atoms with Gasteiger partial charge in [-0.05, 0) is 57.1 Å². The van der Waals surface area contributed by atoms with Gasteiger partial charge in [0.25, 0.3) is 0 Å². The zero-order chi connectivity index (χ0) is 17.3. The van der Waals surface area contributed by atoms with Gasteiger partial charge in [0.15, 0.2) is 0 Å². The van der Waals surface area contributed by atoms with Gasteiger partial charge in [0.05, 0.1) is 5.92 Å². The number of hydrogen-bond acceptors (Lipinski definition) is 2.